The Bertz CT molecular complexity index is 1010. The van der Waals surface area contributed by atoms with E-state index in [1.54, 1.807) is 17.8 Å². The van der Waals surface area contributed by atoms with E-state index in [4.69, 9.17) is 11.6 Å². The summed E-state index contributed by atoms with van der Waals surface area (Å²) < 4.78 is 30.5. The molecule has 28 heavy (non-hydrogen) atoms. The van der Waals surface area contributed by atoms with Crippen molar-refractivity contribution >= 4 is 33.4 Å². The maximum atomic E-state index is 12.8. The summed E-state index contributed by atoms with van der Waals surface area (Å²) in [6, 6.07) is 2.67. The Morgan fingerprint density at radius 1 is 1.46 bits per heavy atom. The molecule has 3 rings (SSSR count). The van der Waals surface area contributed by atoms with Crippen LogP contribution in [0.4, 0.5) is 5.69 Å². The summed E-state index contributed by atoms with van der Waals surface area (Å²) in [4.78, 5) is 12.8. The monoisotopic (exact) mass is 427 g/mol. The zero-order valence-corrected chi connectivity index (χ0v) is 17.3. The number of nitrogens with one attached hydrogen (secondary N) is 2. The van der Waals surface area contributed by atoms with Crippen molar-refractivity contribution < 1.29 is 18.3 Å². The van der Waals surface area contributed by atoms with Crippen molar-refractivity contribution in [2.45, 2.75) is 38.9 Å². The van der Waals surface area contributed by atoms with Gasteiger partial charge >= 0.3 is 0 Å². The lowest BCUT2D eigenvalue weighted by Gasteiger charge is -2.36. The highest BCUT2D eigenvalue weighted by molar-refractivity contribution is 7.87. The molecule has 3 N–H and O–H groups in total. The van der Waals surface area contributed by atoms with E-state index in [-0.39, 0.29) is 17.9 Å². The fourth-order valence-corrected chi connectivity index (χ4v) is 4.61. The number of carbonyl (C=O) groups excluding carboxylic acids is 1. The van der Waals surface area contributed by atoms with Gasteiger partial charge in [-0.3, -0.25) is 9.48 Å². The summed E-state index contributed by atoms with van der Waals surface area (Å²) in [5.74, 6) is -0.718. The van der Waals surface area contributed by atoms with E-state index in [1.807, 2.05) is 6.92 Å². The van der Waals surface area contributed by atoms with Crippen LogP contribution in [0.5, 0.6) is 5.75 Å². The van der Waals surface area contributed by atoms with Crippen LogP contribution in [0.2, 0.25) is 5.02 Å². The number of benzene rings is 1. The Morgan fingerprint density at radius 2 is 2.18 bits per heavy atom. The van der Waals surface area contributed by atoms with Gasteiger partial charge in [0.25, 0.3) is 10.2 Å². The third-order valence-corrected chi connectivity index (χ3v) is 6.60. The third kappa shape index (κ3) is 4.00. The first-order chi connectivity index (χ1) is 13.1. The van der Waals surface area contributed by atoms with Crippen molar-refractivity contribution in [2.75, 3.05) is 12.4 Å². The quantitative estimate of drug-likeness (QED) is 0.643. The zero-order valence-electron chi connectivity index (χ0n) is 15.7. The number of phenolic OH excluding ortho intramolecular Hbond substituents is 1. The molecule has 1 fully saturated rings. The fourth-order valence-electron chi connectivity index (χ4n) is 3.17. The summed E-state index contributed by atoms with van der Waals surface area (Å²) in [5, 5.41) is 17.2. The van der Waals surface area contributed by atoms with Crippen molar-refractivity contribution in [3.05, 3.63) is 40.7 Å². The largest absolute Gasteiger partial charge is 0.506 e. The van der Waals surface area contributed by atoms with E-state index in [0.29, 0.717) is 17.3 Å². The summed E-state index contributed by atoms with van der Waals surface area (Å²) in [5.41, 5.74) is 1.54. The molecular weight excluding hydrogens is 406 g/mol. The molecule has 2 atom stereocenters. The molecule has 1 aliphatic rings. The van der Waals surface area contributed by atoms with E-state index >= 15 is 0 Å². The van der Waals surface area contributed by atoms with Gasteiger partial charge in [-0.2, -0.15) is 22.5 Å². The van der Waals surface area contributed by atoms with Gasteiger partial charge in [0.05, 0.1) is 17.4 Å². The second-order valence-corrected chi connectivity index (χ2v) is 8.82. The molecule has 1 aromatic heterocycles. The lowest BCUT2D eigenvalue weighted by Crippen LogP contribution is -2.56. The predicted octanol–water partition coefficient (Wildman–Crippen LogP) is 1.79. The molecule has 152 valence electrons. The molecule has 1 aliphatic heterocycles. The minimum absolute atomic E-state index is 0.119. The zero-order chi connectivity index (χ0) is 20.6. The molecular formula is C17H22ClN5O4S. The summed E-state index contributed by atoms with van der Waals surface area (Å²) in [7, 11) is -2.54. The molecule has 1 amide bonds. The number of amides is 1. The molecule has 1 saturated heterocycles. The van der Waals surface area contributed by atoms with Gasteiger partial charge in [0.1, 0.15) is 11.8 Å². The van der Waals surface area contributed by atoms with Crippen molar-refractivity contribution in [1.29, 1.82) is 0 Å². The van der Waals surface area contributed by atoms with Crippen LogP contribution < -0.4 is 10.0 Å². The van der Waals surface area contributed by atoms with E-state index in [2.05, 4.69) is 15.1 Å². The summed E-state index contributed by atoms with van der Waals surface area (Å²) in [6.45, 7) is 4.38. The normalized spacial score (nSPS) is 22.1. The van der Waals surface area contributed by atoms with Gasteiger partial charge in [0.15, 0.2) is 0 Å². The SMILES string of the molecule is CCn1cc([C@@H]2C[C@H](C(=O)Nc3cc(Cl)ccc3O)N(C)S(=O)(=O)N2)c(C)n1. The van der Waals surface area contributed by atoms with Crippen LogP contribution in [0.3, 0.4) is 0 Å². The Hall–Kier alpha value is -2.14. The summed E-state index contributed by atoms with van der Waals surface area (Å²) >= 11 is 5.91. The van der Waals surface area contributed by atoms with Crippen molar-refractivity contribution in [3.63, 3.8) is 0 Å². The lowest BCUT2D eigenvalue weighted by atomic mass is 10.00. The molecule has 0 saturated carbocycles. The number of aromatic hydroxyl groups is 1. The number of carbonyl (C=O) groups is 1. The average Bonchev–Trinajstić information content (AvgIpc) is 3.01. The number of rotatable bonds is 4. The Morgan fingerprint density at radius 3 is 2.82 bits per heavy atom. The smallest absolute Gasteiger partial charge is 0.280 e. The molecule has 1 aromatic carbocycles. The van der Waals surface area contributed by atoms with Crippen LogP contribution in [0.25, 0.3) is 0 Å². The molecule has 9 nitrogen and oxygen atoms in total. The number of phenols is 1. The number of halogens is 1. The van der Waals surface area contributed by atoms with Crippen LogP contribution in [0.1, 0.15) is 30.6 Å². The molecule has 0 aliphatic carbocycles. The van der Waals surface area contributed by atoms with E-state index in [1.165, 1.54) is 25.2 Å². The van der Waals surface area contributed by atoms with Crippen LogP contribution in [0.15, 0.2) is 24.4 Å². The number of aryl methyl sites for hydroxylation is 2. The van der Waals surface area contributed by atoms with E-state index < -0.39 is 28.2 Å². The van der Waals surface area contributed by atoms with Gasteiger partial charge in [-0.25, -0.2) is 0 Å². The number of nitrogens with zero attached hydrogens (tertiary/aromatic N) is 3. The molecule has 2 heterocycles. The van der Waals surface area contributed by atoms with Gasteiger partial charge in [-0.05, 0) is 38.5 Å². The second kappa shape index (κ2) is 7.70. The van der Waals surface area contributed by atoms with Crippen LogP contribution >= 0.6 is 11.6 Å². The van der Waals surface area contributed by atoms with Crippen LogP contribution in [0, 0.1) is 6.92 Å². The first kappa shape index (κ1) is 20.6. The van der Waals surface area contributed by atoms with Crippen LogP contribution in [-0.2, 0) is 21.5 Å². The van der Waals surface area contributed by atoms with Gasteiger partial charge in [0, 0.05) is 30.4 Å². The Kier molecular flexibility index (Phi) is 5.67. The Balaban J connectivity index is 1.89. The Labute approximate surface area is 168 Å². The number of likely N-dealkylation sites (N-methyl/N-ethyl adjacent to an activating group) is 1. The maximum Gasteiger partial charge on any atom is 0.280 e. The van der Waals surface area contributed by atoms with Crippen molar-refractivity contribution in [2.24, 2.45) is 0 Å². The third-order valence-electron chi connectivity index (χ3n) is 4.77. The maximum absolute atomic E-state index is 12.8. The van der Waals surface area contributed by atoms with Gasteiger partial charge in [-0.15, -0.1) is 0 Å². The lowest BCUT2D eigenvalue weighted by molar-refractivity contribution is -0.120. The molecule has 11 heteroatoms. The fraction of sp³-hybridized carbons (Fsp3) is 0.412. The molecule has 0 bridgehead atoms. The number of anilines is 1. The van der Waals surface area contributed by atoms with Gasteiger partial charge in [0.2, 0.25) is 5.91 Å². The average molecular weight is 428 g/mol. The predicted molar refractivity (Wildman–Crippen MR) is 105 cm³/mol. The number of hydrogen-bond acceptors (Lipinski definition) is 5. The molecule has 2 aromatic rings. The van der Waals surface area contributed by atoms with Crippen LogP contribution in [-0.4, -0.2) is 46.6 Å². The first-order valence-corrected chi connectivity index (χ1v) is 10.5. The minimum atomic E-state index is -3.88. The van der Waals surface area contributed by atoms with Gasteiger partial charge in [-0.1, -0.05) is 11.6 Å². The molecule has 0 unspecified atom stereocenters. The van der Waals surface area contributed by atoms with E-state index in [0.717, 1.165) is 9.87 Å². The van der Waals surface area contributed by atoms with Crippen molar-refractivity contribution in [3.8, 4) is 5.75 Å². The number of aromatic nitrogens is 2. The second-order valence-electron chi connectivity index (χ2n) is 6.62. The summed E-state index contributed by atoms with van der Waals surface area (Å²) in [6.07, 6.45) is 1.99. The number of hydrogen-bond donors (Lipinski definition) is 3. The van der Waals surface area contributed by atoms with Gasteiger partial charge < -0.3 is 10.4 Å². The highest BCUT2D eigenvalue weighted by atomic mass is 35.5. The minimum Gasteiger partial charge on any atom is -0.506 e. The first-order valence-electron chi connectivity index (χ1n) is 8.71. The standard InChI is InChI=1S/C17H22ClN5O4S/c1-4-23-9-12(10(2)20-23)13-8-15(22(3)28(26,27)21-13)17(25)19-14-7-11(18)5-6-16(14)24/h5-7,9,13,15,21,24H,4,8H2,1-3H3,(H,19,25)/t13-,15+/m0/s1. The van der Waals surface area contributed by atoms with Crippen molar-refractivity contribution in [1.82, 2.24) is 18.8 Å². The molecule has 0 spiro atoms. The molecule has 0 radical (unpaired) electrons. The highest BCUT2D eigenvalue weighted by Gasteiger charge is 2.41. The highest BCUT2D eigenvalue weighted by Crippen LogP contribution is 2.31. The van der Waals surface area contributed by atoms with E-state index in [9.17, 15) is 18.3 Å². The topological polar surface area (TPSA) is 117 Å².